The molecule has 3 N–H and O–H groups in total. The van der Waals surface area contributed by atoms with E-state index in [1.54, 1.807) is 24.4 Å². The Morgan fingerprint density at radius 3 is 2.78 bits per heavy atom. The van der Waals surface area contributed by atoms with Crippen molar-refractivity contribution in [2.24, 2.45) is 5.84 Å². The van der Waals surface area contributed by atoms with Crippen molar-refractivity contribution >= 4 is 5.82 Å². The van der Waals surface area contributed by atoms with E-state index in [2.05, 4.69) is 21.5 Å². The number of aromatic nitrogens is 2. The minimum atomic E-state index is 0.247. The SMILES string of the molecule is N#Cc1ccccc1OCc1cnc(NN)cn1. The number of rotatable bonds is 4. The number of hydrazine groups is 1. The fraction of sp³-hybridized carbons (Fsp3) is 0.0833. The van der Waals surface area contributed by atoms with Gasteiger partial charge >= 0.3 is 0 Å². The number of nitrogens with zero attached hydrogens (tertiary/aromatic N) is 3. The van der Waals surface area contributed by atoms with Gasteiger partial charge in [0.05, 0.1) is 23.7 Å². The van der Waals surface area contributed by atoms with Crippen LogP contribution in [0.5, 0.6) is 5.75 Å². The quantitative estimate of drug-likeness (QED) is 0.617. The normalized spacial score (nSPS) is 9.56. The molecule has 6 heteroatoms. The fourth-order valence-electron chi connectivity index (χ4n) is 1.34. The summed E-state index contributed by atoms with van der Waals surface area (Å²) < 4.78 is 5.51. The topological polar surface area (TPSA) is 96.8 Å². The number of nitrogen functional groups attached to an aromatic ring is 1. The standard InChI is InChI=1S/C12H11N5O/c13-5-9-3-1-2-4-11(9)18-8-10-6-16-12(17-14)7-15-10/h1-4,6-7H,8,14H2,(H,16,17). The molecule has 0 fully saturated rings. The average Bonchev–Trinajstić information content (AvgIpc) is 2.46. The van der Waals surface area contributed by atoms with Crippen LogP contribution in [-0.2, 0) is 6.61 Å². The molecule has 90 valence electrons. The third-order valence-corrected chi connectivity index (χ3v) is 2.24. The third kappa shape index (κ3) is 2.72. The Morgan fingerprint density at radius 2 is 2.11 bits per heavy atom. The fourth-order valence-corrected chi connectivity index (χ4v) is 1.34. The molecule has 0 bridgehead atoms. The van der Waals surface area contributed by atoms with Crippen molar-refractivity contribution in [3.63, 3.8) is 0 Å². The highest BCUT2D eigenvalue weighted by Gasteiger charge is 2.03. The van der Waals surface area contributed by atoms with E-state index >= 15 is 0 Å². The van der Waals surface area contributed by atoms with Crippen LogP contribution < -0.4 is 16.0 Å². The lowest BCUT2D eigenvalue weighted by atomic mass is 10.2. The summed E-state index contributed by atoms with van der Waals surface area (Å²) in [4.78, 5) is 8.12. The van der Waals surface area contributed by atoms with Crippen LogP contribution in [0.15, 0.2) is 36.7 Å². The van der Waals surface area contributed by atoms with E-state index in [9.17, 15) is 0 Å². The number of benzene rings is 1. The predicted molar refractivity (Wildman–Crippen MR) is 65.3 cm³/mol. The van der Waals surface area contributed by atoms with Gasteiger partial charge in [-0.05, 0) is 12.1 Å². The van der Waals surface area contributed by atoms with Crippen LogP contribution in [0.3, 0.4) is 0 Å². The van der Waals surface area contributed by atoms with Gasteiger partial charge in [-0.15, -0.1) is 0 Å². The molecular weight excluding hydrogens is 230 g/mol. The van der Waals surface area contributed by atoms with E-state index in [-0.39, 0.29) is 6.61 Å². The molecule has 1 aromatic heterocycles. The molecule has 6 nitrogen and oxygen atoms in total. The second-order valence-corrected chi connectivity index (χ2v) is 3.43. The highest BCUT2D eigenvalue weighted by molar-refractivity contribution is 5.42. The van der Waals surface area contributed by atoms with Crippen LogP contribution in [0.25, 0.3) is 0 Å². The molecule has 0 unspecified atom stereocenters. The zero-order chi connectivity index (χ0) is 12.8. The Hall–Kier alpha value is -2.65. The molecule has 0 saturated heterocycles. The highest BCUT2D eigenvalue weighted by Crippen LogP contribution is 2.17. The first-order valence-corrected chi connectivity index (χ1v) is 5.23. The van der Waals surface area contributed by atoms with Crippen LogP contribution in [0.1, 0.15) is 11.3 Å². The van der Waals surface area contributed by atoms with Crippen LogP contribution in [-0.4, -0.2) is 9.97 Å². The minimum absolute atomic E-state index is 0.247. The Labute approximate surface area is 104 Å². The summed E-state index contributed by atoms with van der Waals surface area (Å²) >= 11 is 0. The molecule has 0 aliphatic carbocycles. The summed E-state index contributed by atoms with van der Waals surface area (Å²) in [6.45, 7) is 0.247. The van der Waals surface area contributed by atoms with E-state index in [0.717, 1.165) is 0 Å². The van der Waals surface area contributed by atoms with Crippen molar-refractivity contribution in [1.82, 2.24) is 9.97 Å². The third-order valence-electron chi connectivity index (χ3n) is 2.24. The molecule has 1 heterocycles. The van der Waals surface area contributed by atoms with Gasteiger partial charge in [-0.25, -0.2) is 10.8 Å². The smallest absolute Gasteiger partial charge is 0.158 e. The number of hydrogen-bond acceptors (Lipinski definition) is 6. The van der Waals surface area contributed by atoms with Gasteiger partial charge in [-0.2, -0.15) is 5.26 Å². The minimum Gasteiger partial charge on any atom is -0.486 e. The van der Waals surface area contributed by atoms with E-state index in [4.69, 9.17) is 15.8 Å². The van der Waals surface area contributed by atoms with Gasteiger partial charge in [-0.3, -0.25) is 4.98 Å². The zero-order valence-corrected chi connectivity index (χ0v) is 9.50. The lowest BCUT2D eigenvalue weighted by Crippen LogP contribution is -2.09. The first-order chi connectivity index (χ1) is 8.83. The van der Waals surface area contributed by atoms with Crippen LogP contribution in [0.2, 0.25) is 0 Å². The Balaban J connectivity index is 2.05. The Bertz CT molecular complexity index is 561. The molecule has 0 spiro atoms. The summed E-state index contributed by atoms with van der Waals surface area (Å²) in [6, 6.07) is 9.09. The largest absolute Gasteiger partial charge is 0.486 e. The van der Waals surface area contributed by atoms with E-state index in [0.29, 0.717) is 22.8 Å². The summed E-state index contributed by atoms with van der Waals surface area (Å²) in [5, 5.41) is 8.90. The van der Waals surface area contributed by atoms with Gasteiger partial charge in [0.25, 0.3) is 0 Å². The number of hydrogen-bond donors (Lipinski definition) is 2. The van der Waals surface area contributed by atoms with E-state index in [1.165, 1.54) is 6.20 Å². The first kappa shape index (κ1) is 11.8. The van der Waals surface area contributed by atoms with Gasteiger partial charge in [0.1, 0.15) is 18.4 Å². The second kappa shape index (κ2) is 5.61. The summed E-state index contributed by atoms with van der Waals surface area (Å²) in [5.41, 5.74) is 3.53. The molecular formula is C12H11N5O. The van der Waals surface area contributed by atoms with E-state index < -0.39 is 0 Å². The summed E-state index contributed by atoms with van der Waals surface area (Å²) in [7, 11) is 0. The monoisotopic (exact) mass is 241 g/mol. The van der Waals surface area contributed by atoms with Gasteiger partial charge in [-0.1, -0.05) is 12.1 Å². The highest BCUT2D eigenvalue weighted by atomic mass is 16.5. The summed E-state index contributed by atoms with van der Waals surface area (Å²) in [6.07, 6.45) is 3.07. The lowest BCUT2D eigenvalue weighted by Gasteiger charge is -2.07. The van der Waals surface area contributed by atoms with Crippen molar-refractivity contribution < 1.29 is 4.74 Å². The number of para-hydroxylation sites is 1. The van der Waals surface area contributed by atoms with Crippen molar-refractivity contribution in [3.8, 4) is 11.8 Å². The van der Waals surface area contributed by atoms with Gasteiger partial charge in [0.2, 0.25) is 0 Å². The molecule has 0 aliphatic heterocycles. The van der Waals surface area contributed by atoms with Crippen LogP contribution in [0, 0.1) is 11.3 Å². The molecule has 18 heavy (non-hydrogen) atoms. The molecule has 0 radical (unpaired) electrons. The summed E-state index contributed by atoms with van der Waals surface area (Å²) in [5.74, 6) is 6.20. The lowest BCUT2D eigenvalue weighted by molar-refractivity contribution is 0.300. The maximum absolute atomic E-state index is 8.90. The maximum Gasteiger partial charge on any atom is 0.158 e. The molecule has 1 aromatic carbocycles. The van der Waals surface area contributed by atoms with Crippen molar-refractivity contribution in [2.75, 3.05) is 5.43 Å². The molecule has 2 aromatic rings. The van der Waals surface area contributed by atoms with Crippen molar-refractivity contribution in [3.05, 3.63) is 47.9 Å². The van der Waals surface area contributed by atoms with E-state index in [1.807, 2.05) is 6.07 Å². The average molecular weight is 241 g/mol. The van der Waals surface area contributed by atoms with Crippen LogP contribution >= 0.6 is 0 Å². The zero-order valence-electron chi connectivity index (χ0n) is 9.50. The maximum atomic E-state index is 8.90. The first-order valence-electron chi connectivity index (χ1n) is 5.23. The number of ether oxygens (including phenoxy) is 1. The predicted octanol–water partition coefficient (Wildman–Crippen LogP) is 1.21. The van der Waals surface area contributed by atoms with Crippen molar-refractivity contribution in [2.45, 2.75) is 6.61 Å². The molecule has 0 amide bonds. The number of anilines is 1. The number of nitrogens with one attached hydrogen (secondary N) is 1. The number of nitriles is 1. The number of nitrogens with two attached hydrogens (primary N) is 1. The molecule has 0 aliphatic rings. The molecule has 0 saturated carbocycles. The van der Waals surface area contributed by atoms with Crippen molar-refractivity contribution in [1.29, 1.82) is 5.26 Å². The Morgan fingerprint density at radius 1 is 1.28 bits per heavy atom. The van der Waals surface area contributed by atoms with Gasteiger partial charge in [0, 0.05) is 0 Å². The molecule has 2 rings (SSSR count). The van der Waals surface area contributed by atoms with Gasteiger partial charge in [0.15, 0.2) is 5.82 Å². The molecule has 0 atom stereocenters. The van der Waals surface area contributed by atoms with Crippen LogP contribution in [0.4, 0.5) is 5.82 Å². The Kier molecular flexibility index (Phi) is 3.69. The van der Waals surface area contributed by atoms with Gasteiger partial charge < -0.3 is 10.2 Å². The second-order valence-electron chi connectivity index (χ2n) is 3.43.